The van der Waals surface area contributed by atoms with Crippen LogP contribution < -0.4 is 0 Å². The Balaban J connectivity index is 1.72. The van der Waals surface area contributed by atoms with Crippen molar-refractivity contribution in [2.24, 2.45) is 5.92 Å². The average molecular weight is 370 g/mol. The molecule has 138 valence electrons. The van der Waals surface area contributed by atoms with Crippen LogP contribution in [0.4, 0.5) is 0 Å². The lowest BCUT2D eigenvalue weighted by Gasteiger charge is -2.41. The van der Waals surface area contributed by atoms with Crippen LogP contribution in [0.5, 0.6) is 11.5 Å². The van der Waals surface area contributed by atoms with E-state index in [1.165, 1.54) is 5.56 Å². The van der Waals surface area contributed by atoms with Crippen LogP contribution in [-0.4, -0.2) is 26.6 Å². The van der Waals surface area contributed by atoms with Gasteiger partial charge < -0.3 is 15.1 Å². The van der Waals surface area contributed by atoms with Gasteiger partial charge in [0.05, 0.1) is 11.0 Å². The molecule has 0 bridgehead atoms. The van der Waals surface area contributed by atoms with E-state index in [1.807, 2.05) is 6.07 Å². The van der Waals surface area contributed by atoms with Gasteiger partial charge in [0.15, 0.2) is 11.5 Å². The van der Waals surface area contributed by atoms with Gasteiger partial charge in [0.25, 0.3) is 0 Å². The Hall–Kier alpha value is -2.07. The zero-order chi connectivity index (χ0) is 18.7. The van der Waals surface area contributed by atoms with Crippen molar-refractivity contribution in [1.82, 2.24) is 4.90 Å². The highest BCUT2D eigenvalue weighted by atomic mass is 32.1. The molecule has 4 heteroatoms. The maximum Gasteiger partial charge on any atom is 0.157 e. The lowest BCUT2D eigenvalue weighted by Crippen LogP contribution is -2.41. The molecule has 0 aliphatic carbocycles. The zero-order valence-corrected chi connectivity index (χ0v) is 16.3. The molecule has 3 nitrogen and oxygen atoms in total. The number of fused-ring (bicyclic) bond motifs is 1. The topological polar surface area (TPSA) is 43.7 Å². The molecule has 0 saturated carbocycles. The van der Waals surface area contributed by atoms with Crippen LogP contribution in [0.25, 0.3) is 0 Å². The number of nitrogens with zero attached hydrogens (tertiary/aromatic N) is 1. The molecule has 1 aliphatic heterocycles. The summed E-state index contributed by atoms with van der Waals surface area (Å²) in [5, 5.41) is 19.8. The van der Waals surface area contributed by atoms with E-state index in [4.69, 9.17) is 12.2 Å². The molecule has 0 radical (unpaired) electrons. The van der Waals surface area contributed by atoms with Gasteiger partial charge in [-0.15, -0.1) is 0 Å². The lowest BCUT2D eigenvalue weighted by atomic mass is 9.85. The number of aromatic hydroxyl groups is 2. The van der Waals surface area contributed by atoms with Crippen LogP contribution in [0.15, 0.2) is 42.5 Å². The number of phenols is 2. The Kier molecular flexibility index (Phi) is 5.82. The molecule has 0 aromatic heterocycles. The van der Waals surface area contributed by atoms with Gasteiger partial charge in [0.1, 0.15) is 0 Å². The maximum absolute atomic E-state index is 9.97. The molecule has 1 atom stereocenters. The fraction of sp³-hybridized carbons (Fsp3) is 0.409. The lowest BCUT2D eigenvalue weighted by molar-refractivity contribution is 0.235. The van der Waals surface area contributed by atoms with Crippen molar-refractivity contribution in [3.63, 3.8) is 0 Å². The first kappa shape index (κ1) is 18.7. The number of phenolic OH excluding ortho intramolecular Hbond substituents is 2. The Morgan fingerprint density at radius 3 is 2.54 bits per heavy atom. The van der Waals surface area contributed by atoms with Gasteiger partial charge in [-0.05, 0) is 60.4 Å². The minimum Gasteiger partial charge on any atom is -0.504 e. The summed E-state index contributed by atoms with van der Waals surface area (Å²) >= 11 is 5.79. The van der Waals surface area contributed by atoms with Crippen LogP contribution >= 0.6 is 12.2 Å². The first-order valence-corrected chi connectivity index (χ1v) is 9.76. The van der Waals surface area contributed by atoms with Crippen molar-refractivity contribution in [2.45, 2.75) is 45.6 Å². The molecule has 2 aromatic carbocycles. The Morgan fingerprint density at radius 1 is 1.15 bits per heavy atom. The summed E-state index contributed by atoms with van der Waals surface area (Å²) in [6.45, 7) is 5.23. The minimum absolute atomic E-state index is 0.0369. The number of benzene rings is 2. The number of hydrogen-bond acceptors (Lipinski definition) is 3. The first-order valence-electron chi connectivity index (χ1n) is 9.35. The third-order valence-electron chi connectivity index (χ3n) is 5.16. The second kappa shape index (κ2) is 8.09. The quantitative estimate of drug-likeness (QED) is 0.575. The van der Waals surface area contributed by atoms with E-state index in [0.717, 1.165) is 48.3 Å². The molecule has 1 heterocycles. The van der Waals surface area contributed by atoms with E-state index in [9.17, 15) is 10.2 Å². The molecule has 3 rings (SSSR count). The largest absolute Gasteiger partial charge is 0.504 e. The minimum atomic E-state index is -0.0498. The highest BCUT2D eigenvalue weighted by Crippen LogP contribution is 2.40. The van der Waals surface area contributed by atoms with Crippen molar-refractivity contribution in [3.05, 3.63) is 59.2 Å². The first-order chi connectivity index (χ1) is 12.5. The van der Waals surface area contributed by atoms with E-state index in [-0.39, 0.29) is 17.5 Å². The molecular weight excluding hydrogens is 342 g/mol. The van der Waals surface area contributed by atoms with Crippen LogP contribution in [0.1, 0.15) is 49.4 Å². The van der Waals surface area contributed by atoms with Crippen LogP contribution in [0.2, 0.25) is 0 Å². The summed E-state index contributed by atoms with van der Waals surface area (Å²) in [4.78, 5) is 3.32. The third-order valence-corrected chi connectivity index (χ3v) is 5.60. The summed E-state index contributed by atoms with van der Waals surface area (Å²) in [5.41, 5.74) is 3.55. The van der Waals surface area contributed by atoms with E-state index < -0.39 is 0 Å². The van der Waals surface area contributed by atoms with Crippen molar-refractivity contribution >= 4 is 17.2 Å². The van der Waals surface area contributed by atoms with Gasteiger partial charge in [-0.25, -0.2) is 0 Å². The van der Waals surface area contributed by atoms with Crippen molar-refractivity contribution in [3.8, 4) is 11.5 Å². The van der Waals surface area contributed by atoms with Gasteiger partial charge >= 0.3 is 0 Å². The van der Waals surface area contributed by atoms with Gasteiger partial charge in [-0.3, -0.25) is 0 Å². The third kappa shape index (κ3) is 4.01. The fourth-order valence-electron chi connectivity index (χ4n) is 3.91. The van der Waals surface area contributed by atoms with Crippen LogP contribution in [0.3, 0.4) is 0 Å². The Bertz CT molecular complexity index is 773. The highest BCUT2D eigenvalue weighted by molar-refractivity contribution is 7.80. The summed E-state index contributed by atoms with van der Waals surface area (Å²) < 4.78 is 0. The number of hydrogen-bond donors (Lipinski definition) is 2. The summed E-state index contributed by atoms with van der Waals surface area (Å²) in [5.74, 6) is 0.279. The SMILES string of the molecule is CC(C)C1c2cc(O)c(O)cc2CCN1C(=S)CCCc1ccccc1. The molecule has 1 unspecified atom stereocenters. The fourth-order valence-corrected chi connectivity index (χ4v) is 4.26. The summed E-state index contributed by atoms with van der Waals surface area (Å²) in [6, 6.07) is 14.1. The van der Waals surface area contributed by atoms with Crippen LogP contribution in [-0.2, 0) is 12.8 Å². The van der Waals surface area contributed by atoms with Gasteiger partial charge in [-0.2, -0.15) is 0 Å². The number of thiocarbonyl (C=S) groups is 1. The normalized spacial score (nSPS) is 16.6. The van der Waals surface area contributed by atoms with Gasteiger partial charge in [0, 0.05) is 6.54 Å². The number of rotatable bonds is 5. The Morgan fingerprint density at radius 2 is 1.85 bits per heavy atom. The second-order valence-corrected chi connectivity index (χ2v) is 7.88. The standard InChI is InChI=1S/C22H27NO2S/c1-15(2)22-18-14-20(25)19(24)13-17(18)11-12-23(22)21(26)10-6-9-16-7-4-3-5-8-16/h3-5,7-8,13-15,22,24-25H,6,9-12H2,1-2H3. The predicted molar refractivity (Wildman–Crippen MR) is 110 cm³/mol. The van der Waals surface area contributed by atoms with Crippen molar-refractivity contribution in [1.29, 1.82) is 0 Å². The molecule has 26 heavy (non-hydrogen) atoms. The average Bonchev–Trinajstić information content (AvgIpc) is 2.62. The van der Waals surface area contributed by atoms with E-state index >= 15 is 0 Å². The molecular formula is C22H27NO2S. The van der Waals surface area contributed by atoms with Crippen molar-refractivity contribution < 1.29 is 10.2 Å². The second-order valence-electron chi connectivity index (χ2n) is 7.40. The van der Waals surface area contributed by atoms with Gasteiger partial charge in [0.2, 0.25) is 0 Å². The van der Waals surface area contributed by atoms with E-state index in [0.29, 0.717) is 5.92 Å². The smallest absolute Gasteiger partial charge is 0.157 e. The predicted octanol–water partition coefficient (Wildman–Crippen LogP) is 5.00. The van der Waals surface area contributed by atoms with Crippen molar-refractivity contribution in [2.75, 3.05) is 6.54 Å². The number of aryl methyl sites for hydroxylation is 1. The summed E-state index contributed by atoms with van der Waals surface area (Å²) in [6.07, 6.45) is 3.81. The molecule has 0 amide bonds. The molecule has 1 aliphatic rings. The maximum atomic E-state index is 9.97. The summed E-state index contributed by atoms with van der Waals surface area (Å²) in [7, 11) is 0. The molecule has 0 spiro atoms. The molecule has 0 fully saturated rings. The zero-order valence-electron chi connectivity index (χ0n) is 15.5. The molecule has 0 saturated heterocycles. The monoisotopic (exact) mass is 369 g/mol. The molecule has 2 aromatic rings. The van der Waals surface area contributed by atoms with E-state index in [2.05, 4.69) is 43.0 Å². The Labute approximate surface area is 161 Å². The van der Waals surface area contributed by atoms with Crippen LogP contribution in [0, 0.1) is 5.92 Å². The van der Waals surface area contributed by atoms with Gasteiger partial charge in [-0.1, -0.05) is 56.4 Å². The highest BCUT2D eigenvalue weighted by Gasteiger charge is 2.31. The molecule has 2 N–H and O–H groups in total. The van der Waals surface area contributed by atoms with E-state index in [1.54, 1.807) is 12.1 Å².